The van der Waals surface area contributed by atoms with E-state index in [1.54, 1.807) is 0 Å². The Labute approximate surface area is 136 Å². The summed E-state index contributed by atoms with van der Waals surface area (Å²) in [5.74, 6) is 1.55. The van der Waals surface area contributed by atoms with Crippen molar-refractivity contribution in [3.05, 3.63) is 35.9 Å². The first kappa shape index (κ1) is 15.8. The summed E-state index contributed by atoms with van der Waals surface area (Å²) < 4.78 is 9.97. The molecule has 0 saturated heterocycles. The molecule has 4 atom stereocenters. The summed E-state index contributed by atoms with van der Waals surface area (Å²) in [7, 11) is 1.42. The van der Waals surface area contributed by atoms with E-state index in [0.717, 1.165) is 24.8 Å². The first-order chi connectivity index (χ1) is 11.2. The van der Waals surface area contributed by atoms with Gasteiger partial charge in [0.05, 0.1) is 7.11 Å². The first-order valence-electron chi connectivity index (χ1n) is 8.23. The van der Waals surface area contributed by atoms with Crippen LogP contribution in [0, 0.1) is 17.8 Å². The third-order valence-corrected chi connectivity index (χ3v) is 5.10. The van der Waals surface area contributed by atoms with E-state index in [1.165, 1.54) is 7.11 Å². The Hall–Kier alpha value is -2.04. The standard InChI is InChI=1S/C18H23NO4/c1-22-16(20)10-8-14-13-7-9-15(17(13)14)19-18(21)23-11-12-5-3-2-4-6-12/h2-6,13-15,17H,7-11H2,1H3,(H,19,21). The molecule has 4 unspecified atom stereocenters. The largest absolute Gasteiger partial charge is 0.469 e. The van der Waals surface area contributed by atoms with Gasteiger partial charge in [-0.25, -0.2) is 4.79 Å². The SMILES string of the molecule is COC(=O)CCC1C2CCC(NC(=O)OCc3ccccc3)C12. The third-order valence-electron chi connectivity index (χ3n) is 5.10. The smallest absolute Gasteiger partial charge is 0.407 e. The Kier molecular flexibility index (Phi) is 4.84. The minimum Gasteiger partial charge on any atom is -0.469 e. The van der Waals surface area contributed by atoms with Gasteiger partial charge in [-0.05, 0) is 42.6 Å². The molecular formula is C18H23NO4. The number of ether oxygens (including phenoxy) is 2. The number of alkyl carbamates (subject to hydrolysis) is 1. The Morgan fingerprint density at radius 2 is 2.00 bits per heavy atom. The average molecular weight is 317 g/mol. The van der Waals surface area contributed by atoms with Crippen molar-refractivity contribution in [2.45, 2.75) is 38.3 Å². The summed E-state index contributed by atoms with van der Waals surface area (Å²) in [6, 6.07) is 9.84. The lowest BCUT2D eigenvalue weighted by atomic mass is 10.0. The number of carbonyl (C=O) groups is 2. The van der Waals surface area contributed by atoms with Crippen molar-refractivity contribution in [2.24, 2.45) is 17.8 Å². The van der Waals surface area contributed by atoms with E-state index in [2.05, 4.69) is 10.1 Å². The van der Waals surface area contributed by atoms with Gasteiger partial charge in [-0.3, -0.25) is 4.79 Å². The van der Waals surface area contributed by atoms with Crippen LogP contribution < -0.4 is 5.32 Å². The van der Waals surface area contributed by atoms with Crippen LogP contribution in [0.1, 0.15) is 31.2 Å². The van der Waals surface area contributed by atoms with E-state index in [0.29, 0.717) is 30.8 Å². The average Bonchev–Trinajstić information content (AvgIpc) is 3.13. The van der Waals surface area contributed by atoms with E-state index in [9.17, 15) is 9.59 Å². The maximum atomic E-state index is 11.9. The van der Waals surface area contributed by atoms with Crippen molar-refractivity contribution in [1.82, 2.24) is 5.32 Å². The Morgan fingerprint density at radius 1 is 1.22 bits per heavy atom. The predicted molar refractivity (Wildman–Crippen MR) is 84.5 cm³/mol. The number of rotatable bonds is 6. The van der Waals surface area contributed by atoms with E-state index in [1.807, 2.05) is 30.3 Å². The molecule has 2 aliphatic rings. The number of carbonyl (C=O) groups excluding carboxylic acids is 2. The summed E-state index contributed by atoms with van der Waals surface area (Å²) in [6.07, 6.45) is 3.11. The zero-order valence-corrected chi connectivity index (χ0v) is 13.4. The number of hydrogen-bond acceptors (Lipinski definition) is 4. The molecule has 5 heteroatoms. The summed E-state index contributed by atoms with van der Waals surface area (Å²) >= 11 is 0. The molecule has 0 aromatic heterocycles. The number of methoxy groups -OCH3 is 1. The zero-order valence-electron chi connectivity index (χ0n) is 13.4. The van der Waals surface area contributed by atoms with Crippen LogP contribution in [0.15, 0.2) is 30.3 Å². The van der Waals surface area contributed by atoms with Gasteiger partial charge in [0.1, 0.15) is 6.61 Å². The molecule has 0 radical (unpaired) electrons. The van der Waals surface area contributed by atoms with Crippen molar-refractivity contribution in [2.75, 3.05) is 7.11 Å². The van der Waals surface area contributed by atoms with Gasteiger partial charge in [0.2, 0.25) is 0 Å². The van der Waals surface area contributed by atoms with Crippen molar-refractivity contribution < 1.29 is 19.1 Å². The molecular weight excluding hydrogens is 294 g/mol. The molecule has 2 fully saturated rings. The van der Waals surface area contributed by atoms with Crippen molar-refractivity contribution in [1.29, 1.82) is 0 Å². The Morgan fingerprint density at radius 3 is 2.74 bits per heavy atom. The van der Waals surface area contributed by atoms with Gasteiger partial charge in [-0.1, -0.05) is 30.3 Å². The Bertz CT molecular complexity index is 559. The van der Waals surface area contributed by atoms with Crippen LogP contribution in [0.25, 0.3) is 0 Å². The monoisotopic (exact) mass is 317 g/mol. The van der Waals surface area contributed by atoms with E-state index in [4.69, 9.17) is 4.74 Å². The van der Waals surface area contributed by atoms with Crippen LogP contribution in [-0.4, -0.2) is 25.2 Å². The number of nitrogens with one attached hydrogen (secondary N) is 1. The fourth-order valence-electron chi connectivity index (χ4n) is 3.92. The van der Waals surface area contributed by atoms with Gasteiger partial charge in [-0.15, -0.1) is 0 Å². The highest BCUT2D eigenvalue weighted by Crippen LogP contribution is 2.59. The fraction of sp³-hybridized carbons (Fsp3) is 0.556. The molecule has 2 aliphatic carbocycles. The number of hydrogen-bond donors (Lipinski definition) is 1. The molecule has 0 heterocycles. The molecule has 124 valence electrons. The van der Waals surface area contributed by atoms with E-state index < -0.39 is 0 Å². The normalized spacial score (nSPS) is 27.9. The van der Waals surface area contributed by atoms with Crippen LogP contribution in [0.4, 0.5) is 4.79 Å². The van der Waals surface area contributed by atoms with Crippen LogP contribution in [0.3, 0.4) is 0 Å². The fourth-order valence-corrected chi connectivity index (χ4v) is 3.92. The van der Waals surface area contributed by atoms with E-state index in [-0.39, 0.29) is 18.1 Å². The number of fused-ring (bicyclic) bond motifs is 1. The maximum Gasteiger partial charge on any atom is 0.407 e. The van der Waals surface area contributed by atoms with Crippen molar-refractivity contribution in [3.63, 3.8) is 0 Å². The van der Waals surface area contributed by atoms with Crippen LogP contribution in [-0.2, 0) is 20.9 Å². The molecule has 5 nitrogen and oxygen atoms in total. The van der Waals surface area contributed by atoms with Gasteiger partial charge in [0.25, 0.3) is 0 Å². The number of esters is 1. The van der Waals surface area contributed by atoms with Gasteiger partial charge in [0, 0.05) is 12.5 Å². The molecule has 23 heavy (non-hydrogen) atoms. The minimum atomic E-state index is -0.349. The second kappa shape index (κ2) is 7.02. The molecule has 3 rings (SSSR count). The Balaban J connectivity index is 1.40. The lowest BCUT2D eigenvalue weighted by molar-refractivity contribution is -0.140. The topological polar surface area (TPSA) is 64.6 Å². The van der Waals surface area contributed by atoms with Gasteiger partial charge in [-0.2, -0.15) is 0 Å². The minimum absolute atomic E-state index is 0.151. The summed E-state index contributed by atoms with van der Waals surface area (Å²) in [5, 5.41) is 2.99. The van der Waals surface area contributed by atoms with Crippen LogP contribution >= 0.6 is 0 Å². The summed E-state index contributed by atoms with van der Waals surface area (Å²) in [5.41, 5.74) is 0.981. The van der Waals surface area contributed by atoms with E-state index >= 15 is 0 Å². The lowest BCUT2D eigenvalue weighted by Crippen LogP contribution is -2.36. The van der Waals surface area contributed by atoms with Crippen LogP contribution in [0.5, 0.6) is 0 Å². The second-order valence-electron chi connectivity index (χ2n) is 6.41. The quantitative estimate of drug-likeness (QED) is 0.819. The highest BCUT2D eigenvalue weighted by Gasteiger charge is 2.57. The van der Waals surface area contributed by atoms with Gasteiger partial charge >= 0.3 is 12.1 Å². The molecule has 1 N–H and O–H groups in total. The molecule has 1 amide bonds. The summed E-state index contributed by atoms with van der Waals surface area (Å²) in [6.45, 7) is 0.291. The highest BCUT2D eigenvalue weighted by molar-refractivity contribution is 5.69. The number of benzene rings is 1. The third kappa shape index (κ3) is 3.84. The first-order valence-corrected chi connectivity index (χ1v) is 8.23. The number of amides is 1. The molecule has 0 spiro atoms. The predicted octanol–water partition coefficient (Wildman–Crippen LogP) is 2.89. The zero-order chi connectivity index (χ0) is 16.2. The van der Waals surface area contributed by atoms with Crippen molar-refractivity contribution in [3.8, 4) is 0 Å². The molecule has 0 aliphatic heterocycles. The second-order valence-corrected chi connectivity index (χ2v) is 6.41. The lowest BCUT2D eigenvalue weighted by Gasteiger charge is -2.16. The molecule has 1 aromatic carbocycles. The van der Waals surface area contributed by atoms with Gasteiger partial charge in [0.15, 0.2) is 0 Å². The summed E-state index contributed by atoms with van der Waals surface area (Å²) in [4.78, 5) is 23.2. The maximum absolute atomic E-state index is 11.9. The van der Waals surface area contributed by atoms with Crippen molar-refractivity contribution >= 4 is 12.1 Å². The molecule has 1 aromatic rings. The van der Waals surface area contributed by atoms with Gasteiger partial charge < -0.3 is 14.8 Å². The van der Waals surface area contributed by atoms with Crippen LogP contribution in [0.2, 0.25) is 0 Å². The molecule has 0 bridgehead atoms. The highest BCUT2D eigenvalue weighted by atomic mass is 16.5. The molecule has 2 saturated carbocycles.